The third-order valence-electron chi connectivity index (χ3n) is 3.78. The molecular weight excluding hydrogens is 243 g/mol. The first kappa shape index (κ1) is 12.2. The van der Waals surface area contributed by atoms with Crippen LogP contribution in [0.4, 0.5) is 10.3 Å². The predicted molar refractivity (Wildman–Crippen MR) is 72.0 cm³/mol. The second kappa shape index (κ2) is 4.68. The van der Waals surface area contributed by atoms with E-state index in [9.17, 15) is 4.39 Å². The van der Waals surface area contributed by atoms with Crippen molar-refractivity contribution >= 4 is 5.88 Å². The van der Waals surface area contributed by atoms with Gasteiger partial charge in [-0.25, -0.2) is 4.39 Å². The third kappa shape index (κ3) is 2.11. The van der Waals surface area contributed by atoms with Crippen LogP contribution < -0.4 is 4.90 Å². The van der Waals surface area contributed by atoms with Crippen LogP contribution in [-0.2, 0) is 12.8 Å². The molecule has 0 bridgehead atoms. The first-order chi connectivity index (χ1) is 9.16. The molecular formula is C15H17FN2O. The average Bonchev–Trinajstić information content (AvgIpc) is 2.82. The molecule has 0 spiro atoms. The maximum absolute atomic E-state index is 13.8. The number of hydrogen-bond donors (Lipinski definition) is 0. The lowest BCUT2D eigenvalue weighted by Gasteiger charge is -2.22. The lowest BCUT2D eigenvalue weighted by Crippen LogP contribution is -2.16. The van der Waals surface area contributed by atoms with Crippen molar-refractivity contribution in [3.63, 3.8) is 0 Å². The van der Waals surface area contributed by atoms with E-state index in [4.69, 9.17) is 4.52 Å². The van der Waals surface area contributed by atoms with E-state index in [1.165, 1.54) is 11.6 Å². The SMILES string of the molecule is CN(C)c1onc2c1CCC(c1ccccc1F)C2. The van der Waals surface area contributed by atoms with Gasteiger partial charge in [-0.1, -0.05) is 23.4 Å². The maximum Gasteiger partial charge on any atom is 0.230 e. The first-order valence-electron chi connectivity index (χ1n) is 6.56. The summed E-state index contributed by atoms with van der Waals surface area (Å²) < 4.78 is 19.2. The number of rotatable bonds is 2. The second-order valence-electron chi connectivity index (χ2n) is 5.27. The van der Waals surface area contributed by atoms with Crippen LogP contribution in [0.15, 0.2) is 28.8 Å². The predicted octanol–water partition coefficient (Wildman–Crippen LogP) is 3.15. The molecule has 0 aliphatic heterocycles. The summed E-state index contributed by atoms with van der Waals surface area (Å²) in [6, 6.07) is 7.02. The monoisotopic (exact) mass is 260 g/mol. The highest BCUT2D eigenvalue weighted by Crippen LogP contribution is 2.37. The van der Waals surface area contributed by atoms with Gasteiger partial charge < -0.3 is 9.42 Å². The van der Waals surface area contributed by atoms with E-state index < -0.39 is 0 Å². The zero-order valence-electron chi connectivity index (χ0n) is 11.2. The summed E-state index contributed by atoms with van der Waals surface area (Å²) in [5.41, 5.74) is 2.95. The van der Waals surface area contributed by atoms with E-state index in [1.807, 2.05) is 31.1 Å². The smallest absolute Gasteiger partial charge is 0.230 e. The summed E-state index contributed by atoms with van der Waals surface area (Å²) >= 11 is 0. The van der Waals surface area contributed by atoms with Crippen molar-refractivity contribution in [2.24, 2.45) is 0 Å². The standard InChI is InChI=1S/C15H17FN2O/c1-18(2)15-12-8-7-10(9-14(12)17-19-15)11-5-3-4-6-13(11)16/h3-6,10H,7-9H2,1-2H3. The van der Waals surface area contributed by atoms with E-state index in [1.54, 1.807) is 6.07 Å². The molecule has 3 rings (SSSR count). The van der Waals surface area contributed by atoms with Crippen LogP contribution in [0, 0.1) is 5.82 Å². The Morgan fingerprint density at radius 3 is 2.84 bits per heavy atom. The van der Waals surface area contributed by atoms with Crippen LogP contribution in [0.1, 0.15) is 29.2 Å². The van der Waals surface area contributed by atoms with Crippen molar-refractivity contribution < 1.29 is 8.91 Å². The molecule has 0 saturated carbocycles. The van der Waals surface area contributed by atoms with Crippen LogP contribution in [0.3, 0.4) is 0 Å². The Bertz CT molecular complexity index is 592. The highest BCUT2D eigenvalue weighted by atomic mass is 19.1. The van der Waals surface area contributed by atoms with Gasteiger partial charge in [0, 0.05) is 26.1 Å². The number of anilines is 1. The van der Waals surface area contributed by atoms with Gasteiger partial charge in [0.05, 0.1) is 5.69 Å². The minimum Gasteiger partial charge on any atom is -0.347 e. The molecule has 0 saturated heterocycles. The molecule has 2 aromatic rings. The molecule has 1 aromatic carbocycles. The Morgan fingerprint density at radius 2 is 2.11 bits per heavy atom. The van der Waals surface area contributed by atoms with E-state index in [0.717, 1.165) is 36.4 Å². The van der Waals surface area contributed by atoms with Crippen molar-refractivity contribution in [3.8, 4) is 0 Å². The molecule has 1 aliphatic rings. The molecule has 100 valence electrons. The minimum absolute atomic E-state index is 0.118. The largest absolute Gasteiger partial charge is 0.347 e. The van der Waals surface area contributed by atoms with Gasteiger partial charge in [-0.15, -0.1) is 0 Å². The zero-order chi connectivity index (χ0) is 13.4. The highest BCUT2D eigenvalue weighted by molar-refractivity contribution is 5.47. The fourth-order valence-electron chi connectivity index (χ4n) is 2.82. The number of halogens is 1. The lowest BCUT2D eigenvalue weighted by atomic mass is 9.83. The molecule has 1 unspecified atom stereocenters. The van der Waals surface area contributed by atoms with Gasteiger partial charge in [0.2, 0.25) is 5.88 Å². The van der Waals surface area contributed by atoms with E-state index in [-0.39, 0.29) is 11.7 Å². The van der Waals surface area contributed by atoms with E-state index in [2.05, 4.69) is 5.16 Å². The average molecular weight is 260 g/mol. The molecule has 0 N–H and O–H groups in total. The Balaban J connectivity index is 1.89. The summed E-state index contributed by atoms with van der Waals surface area (Å²) in [7, 11) is 3.90. The third-order valence-corrected chi connectivity index (χ3v) is 3.78. The fourth-order valence-corrected chi connectivity index (χ4v) is 2.82. The number of aromatic nitrogens is 1. The summed E-state index contributed by atoms with van der Waals surface area (Å²) in [6.07, 6.45) is 2.59. The molecule has 1 atom stereocenters. The summed E-state index contributed by atoms with van der Waals surface area (Å²) in [5, 5.41) is 4.14. The Labute approximate surface area is 112 Å². The van der Waals surface area contributed by atoms with Gasteiger partial charge in [-0.3, -0.25) is 0 Å². The Morgan fingerprint density at radius 1 is 1.32 bits per heavy atom. The Hall–Kier alpha value is -1.84. The van der Waals surface area contributed by atoms with Gasteiger partial charge in [-0.05, 0) is 30.4 Å². The molecule has 1 heterocycles. The highest BCUT2D eigenvalue weighted by Gasteiger charge is 2.28. The van der Waals surface area contributed by atoms with Gasteiger partial charge in [0.15, 0.2) is 0 Å². The van der Waals surface area contributed by atoms with Gasteiger partial charge >= 0.3 is 0 Å². The topological polar surface area (TPSA) is 29.3 Å². The van der Waals surface area contributed by atoms with E-state index >= 15 is 0 Å². The molecule has 3 nitrogen and oxygen atoms in total. The quantitative estimate of drug-likeness (QED) is 0.830. The number of nitrogens with zero attached hydrogens (tertiary/aromatic N) is 2. The summed E-state index contributed by atoms with van der Waals surface area (Å²) in [4.78, 5) is 1.94. The number of hydrogen-bond acceptors (Lipinski definition) is 3. The van der Waals surface area contributed by atoms with Crippen LogP contribution >= 0.6 is 0 Å². The minimum atomic E-state index is -0.118. The first-order valence-corrected chi connectivity index (χ1v) is 6.56. The van der Waals surface area contributed by atoms with Crippen LogP contribution in [0.2, 0.25) is 0 Å². The zero-order valence-corrected chi connectivity index (χ0v) is 11.2. The molecule has 19 heavy (non-hydrogen) atoms. The van der Waals surface area contributed by atoms with Gasteiger partial charge in [-0.2, -0.15) is 0 Å². The maximum atomic E-state index is 13.8. The van der Waals surface area contributed by atoms with Crippen molar-refractivity contribution in [1.82, 2.24) is 5.16 Å². The van der Waals surface area contributed by atoms with Crippen LogP contribution in [0.5, 0.6) is 0 Å². The van der Waals surface area contributed by atoms with Gasteiger partial charge in [0.1, 0.15) is 5.82 Å². The Kier molecular flexibility index (Phi) is 3.01. The number of fused-ring (bicyclic) bond motifs is 1. The molecule has 0 amide bonds. The second-order valence-corrected chi connectivity index (χ2v) is 5.27. The summed E-state index contributed by atoms with van der Waals surface area (Å²) in [5.74, 6) is 0.920. The van der Waals surface area contributed by atoms with Crippen molar-refractivity contribution in [3.05, 3.63) is 46.9 Å². The molecule has 0 radical (unpaired) electrons. The molecule has 1 aromatic heterocycles. The molecule has 1 aliphatic carbocycles. The van der Waals surface area contributed by atoms with Crippen molar-refractivity contribution in [2.45, 2.75) is 25.2 Å². The normalized spacial score (nSPS) is 18.2. The van der Waals surface area contributed by atoms with Crippen LogP contribution in [-0.4, -0.2) is 19.3 Å². The molecule has 0 fully saturated rings. The fraction of sp³-hybridized carbons (Fsp3) is 0.400. The van der Waals surface area contributed by atoms with Gasteiger partial charge in [0.25, 0.3) is 0 Å². The number of benzene rings is 1. The van der Waals surface area contributed by atoms with Crippen molar-refractivity contribution in [1.29, 1.82) is 0 Å². The van der Waals surface area contributed by atoms with E-state index in [0.29, 0.717) is 0 Å². The summed E-state index contributed by atoms with van der Waals surface area (Å²) in [6.45, 7) is 0. The van der Waals surface area contributed by atoms with Crippen LogP contribution in [0.25, 0.3) is 0 Å². The molecule has 4 heteroatoms. The lowest BCUT2D eigenvalue weighted by molar-refractivity contribution is 0.412. The van der Waals surface area contributed by atoms with Crippen molar-refractivity contribution in [2.75, 3.05) is 19.0 Å².